The van der Waals surface area contributed by atoms with Crippen molar-refractivity contribution in [2.75, 3.05) is 6.79 Å². The lowest BCUT2D eigenvalue weighted by Gasteiger charge is -2.17. The monoisotopic (exact) mass is 277 g/mol. The number of carbonyl (C=O) groups is 2. The topological polar surface area (TPSA) is 84.9 Å². The van der Waals surface area contributed by atoms with Crippen molar-refractivity contribution in [3.8, 4) is 11.5 Å². The van der Waals surface area contributed by atoms with E-state index in [4.69, 9.17) is 14.6 Å². The summed E-state index contributed by atoms with van der Waals surface area (Å²) in [5.41, 5.74) is -0.367. The molecule has 106 valence electrons. The van der Waals surface area contributed by atoms with E-state index in [2.05, 4.69) is 5.32 Å². The van der Waals surface area contributed by atoms with Gasteiger partial charge in [-0.15, -0.1) is 0 Å². The van der Waals surface area contributed by atoms with E-state index in [9.17, 15) is 9.59 Å². The third-order valence-electron chi connectivity index (χ3n) is 3.84. The zero-order valence-corrected chi connectivity index (χ0v) is 11.0. The number of amides is 1. The van der Waals surface area contributed by atoms with Crippen molar-refractivity contribution in [1.82, 2.24) is 5.32 Å². The van der Waals surface area contributed by atoms with Crippen LogP contribution in [-0.4, -0.2) is 23.8 Å². The Balaban J connectivity index is 1.72. The number of ether oxygens (including phenoxy) is 2. The molecule has 1 aromatic rings. The molecule has 1 unspecified atom stereocenters. The van der Waals surface area contributed by atoms with Gasteiger partial charge in [0, 0.05) is 0 Å². The van der Waals surface area contributed by atoms with Crippen LogP contribution in [0.3, 0.4) is 0 Å². The molecule has 6 nitrogen and oxygen atoms in total. The molecule has 1 fully saturated rings. The lowest BCUT2D eigenvalue weighted by molar-refractivity contribution is -0.149. The average molecular weight is 277 g/mol. The fourth-order valence-corrected chi connectivity index (χ4v) is 2.26. The van der Waals surface area contributed by atoms with Crippen molar-refractivity contribution in [3.05, 3.63) is 23.8 Å². The van der Waals surface area contributed by atoms with E-state index < -0.39 is 17.3 Å². The van der Waals surface area contributed by atoms with Crippen molar-refractivity contribution in [2.45, 2.75) is 25.8 Å². The molecule has 0 aromatic heterocycles. The van der Waals surface area contributed by atoms with Gasteiger partial charge in [0.25, 0.3) is 0 Å². The van der Waals surface area contributed by atoms with E-state index in [0.717, 1.165) is 5.56 Å². The van der Waals surface area contributed by atoms with Crippen LogP contribution in [0.2, 0.25) is 0 Å². The molecule has 1 atom stereocenters. The number of aliphatic carboxylic acids is 1. The van der Waals surface area contributed by atoms with Gasteiger partial charge in [0.05, 0.1) is 6.04 Å². The summed E-state index contributed by atoms with van der Waals surface area (Å²) in [5.74, 6) is -0.150. The lowest BCUT2D eigenvalue weighted by atomic mass is 10.0. The van der Waals surface area contributed by atoms with Crippen LogP contribution in [-0.2, 0) is 9.59 Å². The van der Waals surface area contributed by atoms with Gasteiger partial charge >= 0.3 is 5.97 Å². The Morgan fingerprint density at radius 3 is 2.65 bits per heavy atom. The molecule has 1 heterocycles. The van der Waals surface area contributed by atoms with Crippen LogP contribution in [0.4, 0.5) is 0 Å². The first-order chi connectivity index (χ1) is 9.53. The first-order valence-corrected chi connectivity index (χ1v) is 6.47. The van der Waals surface area contributed by atoms with E-state index >= 15 is 0 Å². The molecule has 3 rings (SSSR count). The lowest BCUT2D eigenvalue weighted by Crippen LogP contribution is -2.38. The molecule has 1 aromatic carbocycles. The minimum atomic E-state index is -1.22. The van der Waals surface area contributed by atoms with Gasteiger partial charge in [-0.25, -0.2) is 0 Å². The number of hydrogen-bond donors (Lipinski definition) is 2. The highest BCUT2D eigenvalue weighted by atomic mass is 16.7. The quantitative estimate of drug-likeness (QED) is 0.814. The van der Waals surface area contributed by atoms with E-state index in [1.807, 2.05) is 13.0 Å². The summed E-state index contributed by atoms with van der Waals surface area (Å²) < 4.78 is 10.5. The summed E-state index contributed by atoms with van der Waals surface area (Å²) >= 11 is 0. The molecule has 6 heteroatoms. The van der Waals surface area contributed by atoms with Crippen molar-refractivity contribution in [3.63, 3.8) is 0 Å². The zero-order chi connectivity index (χ0) is 14.3. The van der Waals surface area contributed by atoms with Crippen LogP contribution >= 0.6 is 0 Å². The molecule has 1 saturated carbocycles. The second-order valence-electron chi connectivity index (χ2n) is 5.20. The number of benzene rings is 1. The SMILES string of the molecule is CC(NC(=O)C1(C(=O)O)CC1)c1ccc2c(c1)OCO2. The molecule has 0 bridgehead atoms. The molecule has 20 heavy (non-hydrogen) atoms. The highest BCUT2D eigenvalue weighted by Crippen LogP contribution is 2.46. The normalized spacial score (nSPS) is 19.2. The molecule has 0 spiro atoms. The van der Waals surface area contributed by atoms with Gasteiger partial charge in [-0.05, 0) is 37.5 Å². The molecule has 2 aliphatic rings. The van der Waals surface area contributed by atoms with E-state index in [-0.39, 0.29) is 12.8 Å². The molecule has 1 aliphatic carbocycles. The molecule has 0 radical (unpaired) electrons. The van der Waals surface area contributed by atoms with Gasteiger partial charge in [-0.3, -0.25) is 9.59 Å². The van der Waals surface area contributed by atoms with Crippen molar-refractivity contribution in [1.29, 1.82) is 0 Å². The highest BCUT2D eigenvalue weighted by molar-refractivity contribution is 6.04. The number of carboxylic acids is 1. The predicted molar refractivity (Wildman–Crippen MR) is 68.4 cm³/mol. The molecular weight excluding hydrogens is 262 g/mol. The second-order valence-corrected chi connectivity index (χ2v) is 5.20. The smallest absolute Gasteiger partial charge is 0.319 e. The summed E-state index contributed by atoms with van der Waals surface area (Å²) in [6, 6.07) is 5.13. The van der Waals surface area contributed by atoms with Gasteiger partial charge in [0.2, 0.25) is 12.7 Å². The third-order valence-corrected chi connectivity index (χ3v) is 3.84. The first kappa shape index (κ1) is 12.8. The van der Waals surface area contributed by atoms with Crippen LogP contribution in [0.25, 0.3) is 0 Å². The van der Waals surface area contributed by atoms with Gasteiger partial charge in [0.15, 0.2) is 11.5 Å². The zero-order valence-electron chi connectivity index (χ0n) is 11.0. The second kappa shape index (κ2) is 4.40. The van der Waals surface area contributed by atoms with Gasteiger partial charge in [-0.1, -0.05) is 6.07 Å². The Morgan fingerprint density at radius 2 is 2.00 bits per heavy atom. The first-order valence-electron chi connectivity index (χ1n) is 6.47. The van der Waals surface area contributed by atoms with Crippen LogP contribution in [0, 0.1) is 5.41 Å². The van der Waals surface area contributed by atoms with E-state index in [1.54, 1.807) is 12.1 Å². The maximum absolute atomic E-state index is 12.0. The summed E-state index contributed by atoms with van der Waals surface area (Å²) in [7, 11) is 0. The number of hydrogen-bond acceptors (Lipinski definition) is 4. The fourth-order valence-electron chi connectivity index (χ4n) is 2.26. The number of fused-ring (bicyclic) bond motifs is 1. The Kier molecular flexibility index (Phi) is 2.81. The fraction of sp³-hybridized carbons (Fsp3) is 0.429. The van der Waals surface area contributed by atoms with E-state index in [1.165, 1.54) is 0 Å². The summed E-state index contributed by atoms with van der Waals surface area (Å²) in [4.78, 5) is 23.1. The number of rotatable bonds is 4. The average Bonchev–Trinajstić information content (AvgIpc) is 3.11. The van der Waals surface area contributed by atoms with Crippen LogP contribution in [0.1, 0.15) is 31.4 Å². The van der Waals surface area contributed by atoms with Crippen molar-refractivity contribution in [2.24, 2.45) is 5.41 Å². The summed E-state index contributed by atoms with van der Waals surface area (Å²) in [6.45, 7) is 2.01. The molecule has 0 saturated heterocycles. The van der Waals surface area contributed by atoms with Crippen LogP contribution in [0.15, 0.2) is 18.2 Å². The Morgan fingerprint density at radius 1 is 1.30 bits per heavy atom. The standard InChI is InChI=1S/C14H15NO5/c1-8(15-12(16)14(4-5-14)13(17)18)9-2-3-10-11(6-9)20-7-19-10/h2-3,6,8H,4-5,7H2,1H3,(H,15,16)(H,17,18). The third kappa shape index (κ3) is 1.97. The Labute approximate surface area is 115 Å². The maximum atomic E-state index is 12.0. The van der Waals surface area contributed by atoms with Crippen LogP contribution < -0.4 is 14.8 Å². The molecular formula is C14H15NO5. The summed E-state index contributed by atoms with van der Waals surface area (Å²) in [6.07, 6.45) is 0.810. The Hall–Kier alpha value is -2.24. The van der Waals surface area contributed by atoms with Crippen LogP contribution in [0.5, 0.6) is 11.5 Å². The minimum absolute atomic E-state index is 0.196. The predicted octanol–water partition coefficient (Wildman–Crippen LogP) is 1.46. The number of carboxylic acid groups (broad SMARTS) is 1. The number of carbonyl (C=O) groups excluding carboxylic acids is 1. The maximum Gasteiger partial charge on any atom is 0.319 e. The number of nitrogens with one attached hydrogen (secondary N) is 1. The molecule has 1 amide bonds. The van der Waals surface area contributed by atoms with Gasteiger partial charge in [0.1, 0.15) is 5.41 Å². The highest BCUT2D eigenvalue weighted by Gasteiger charge is 2.57. The largest absolute Gasteiger partial charge is 0.480 e. The van der Waals surface area contributed by atoms with Gasteiger partial charge < -0.3 is 19.9 Å². The van der Waals surface area contributed by atoms with Gasteiger partial charge in [-0.2, -0.15) is 0 Å². The van der Waals surface area contributed by atoms with Crippen molar-refractivity contribution >= 4 is 11.9 Å². The van der Waals surface area contributed by atoms with E-state index in [0.29, 0.717) is 24.3 Å². The molecule has 1 aliphatic heterocycles. The Bertz CT molecular complexity index is 579. The van der Waals surface area contributed by atoms with Crippen molar-refractivity contribution < 1.29 is 24.2 Å². The molecule has 2 N–H and O–H groups in total. The summed E-state index contributed by atoms with van der Waals surface area (Å²) in [5, 5.41) is 11.8. The minimum Gasteiger partial charge on any atom is -0.480 e.